The van der Waals surface area contributed by atoms with Crippen molar-refractivity contribution in [2.75, 3.05) is 14.2 Å². The second-order valence-corrected chi connectivity index (χ2v) is 8.37. The Balaban J connectivity index is 1.71. The van der Waals surface area contributed by atoms with Crippen LogP contribution < -0.4 is 5.32 Å². The Morgan fingerprint density at radius 3 is 2.24 bits per heavy atom. The Bertz CT molecular complexity index is 813. The molecule has 0 radical (unpaired) electrons. The van der Waals surface area contributed by atoms with E-state index in [0.717, 1.165) is 35.1 Å². The number of rotatable bonds is 5. The SMILES string of the molecule is COC(=O)[C@]1(NC(=O)Cc2c(C)cc(C#CC3CC3)cc2C)CC[C@@H](OC)CC1. The highest BCUT2D eigenvalue weighted by molar-refractivity contribution is 5.89. The first-order chi connectivity index (χ1) is 13.9. The van der Waals surface area contributed by atoms with Crippen LogP contribution in [0.25, 0.3) is 0 Å². The fraction of sp³-hybridized carbons (Fsp3) is 0.583. The van der Waals surface area contributed by atoms with Crippen LogP contribution in [0.5, 0.6) is 0 Å². The smallest absolute Gasteiger partial charge is 0.331 e. The van der Waals surface area contributed by atoms with Gasteiger partial charge in [-0.1, -0.05) is 11.8 Å². The first-order valence-electron chi connectivity index (χ1n) is 10.4. The molecular formula is C24H31NO4. The highest BCUT2D eigenvalue weighted by Gasteiger charge is 2.44. The molecule has 5 heteroatoms. The van der Waals surface area contributed by atoms with E-state index in [1.165, 1.54) is 20.0 Å². The number of carbonyl (C=O) groups is 2. The van der Waals surface area contributed by atoms with Crippen LogP contribution in [-0.2, 0) is 25.5 Å². The number of amides is 1. The zero-order chi connectivity index (χ0) is 21.0. The van der Waals surface area contributed by atoms with E-state index < -0.39 is 5.54 Å². The quantitative estimate of drug-likeness (QED) is 0.612. The van der Waals surface area contributed by atoms with Crippen molar-refractivity contribution in [1.29, 1.82) is 0 Å². The molecule has 0 unspecified atom stereocenters. The molecule has 29 heavy (non-hydrogen) atoms. The van der Waals surface area contributed by atoms with Crippen LogP contribution in [0.1, 0.15) is 60.8 Å². The van der Waals surface area contributed by atoms with Crippen LogP contribution in [0, 0.1) is 31.6 Å². The lowest BCUT2D eigenvalue weighted by Gasteiger charge is -2.38. The van der Waals surface area contributed by atoms with Gasteiger partial charge in [0.15, 0.2) is 0 Å². The molecule has 2 aliphatic carbocycles. The number of aryl methyl sites for hydroxylation is 2. The molecule has 0 saturated heterocycles. The van der Waals surface area contributed by atoms with E-state index in [1.54, 1.807) is 7.11 Å². The van der Waals surface area contributed by atoms with Crippen molar-refractivity contribution in [2.45, 2.75) is 70.4 Å². The molecule has 2 saturated carbocycles. The van der Waals surface area contributed by atoms with Gasteiger partial charge in [-0.05, 0) is 81.2 Å². The van der Waals surface area contributed by atoms with Gasteiger partial charge < -0.3 is 14.8 Å². The molecule has 156 valence electrons. The van der Waals surface area contributed by atoms with Crippen LogP contribution in [-0.4, -0.2) is 37.7 Å². The first-order valence-corrected chi connectivity index (χ1v) is 10.4. The molecule has 0 spiro atoms. The number of ether oxygens (including phenoxy) is 2. The standard InChI is InChI=1S/C24H31NO4/c1-16-13-19(8-7-18-5-6-18)14-17(2)21(16)15-22(26)25-24(23(27)29-4)11-9-20(28-3)10-12-24/h13-14,18,20H,5-6,9-12,15H2,1-4H3,(H,25,26)/t20-,24+. The van der Waals surface area contributed by atoms with Gasteiger partial charge in [-0.25, -0.2) is 4.79 Å². The highest BCUT2D eigenvalue weighted by atomic mass is 16.5. The maximum atomic E-state index is 12.9. The summed E-state index contributed by atoms with van der Waals surface area (Å²) in [6, 6.07) is 4.09. The zero-order valence-corrected chi connectivity index (χ0v) is 17.9. The highest BCUT2D eigenvalue weighted by Crippen LogP contribution is 2.31. The average Bonchev–Trinajstić information content (AvgIpc) is 3.53. The van der Waals surface area contributed by atoms with Gasteiger partial charge in [-0.3, -0.25) is 4.79 Å². The second-order valence-electron chi connectivity index (χ2n) is 8.37. The molecule has 1 N–H and O–H groups in total. The Morgan fingerprint density at radius 1 is 1.10 bits per heavy atom. The van der Waals surface area contributed by atoms with E-state index in [4.69, 9.17) is 9.47 Å². The summed E-state index contributed by atoms with van der Waals surface area (Å²) in [5.74, 6) is 6.56. The lowest BCUT2D eigenvalue weighted by molar-refractivity contribution is -0.153. The van der Waals surface area contributed by atoms with Crippen LogP contribution >= 0.6 is 0 Å². The average molecular weight is 398 g/mol. The molecule has 0 heterocycles. The summed E-state index contributed by atoms with van der Waals surface area (Å²) in [6.45, 7) is 4.02. The van der Waals surface area contributed by atoms with Crippen molar-refractivity contribution in [3.8, 4) is 11.8 Å². The number of benzene rings is 1. The van der Waals surface area contributed by atoms with Gasteiger partial charge in [0, 0.05) is 18.6 Å². The molecule has 5 nitrogen and oxygen atoms in total. The van der Waals surface area contributed by atoms with Gasteiger partial charge >= 0.3 is 5.97 Å². The van der Waals surface area contributed by atoms with Crippen molar-refractivity contribution in [1.82, 2.24) is 5.32 Å². The molecule has 2 fully saturated rings. The monoisotopic (exact) mass is 397 g/mol. The van der Waals surface area contributed by atoms with E-state index in [2.05, 4.69) is 17.2 Å². The summed E-state index contributed by atoms with van der Waals surface area (Å²) in [6.07, 6.45) is 5.26. The van der Waals surface area contributed by atoms with Crippen molar-refractivity contribution in [2.24, 2.45) is 5.92 Å². The maximum absolute atomic E-state index is 12.9. The fourth-order valence-corrected chi connectivity index (χ4v) is 4.12. The van der Waals surface area contributed by atoms with Crippen molar-refractivity contribution < 1.29 is 19.1 Å². The summed E-state index contributed by atoms with van der Waals surface area (Å²) in [4.78, 5) is 25.4. The van der Waals surface area contributed by atoms with Crippen molar-refractivity contribution >= 4 is 11.9 Å². The third kappa shape index (κ3) is 5.19. The molecule has 1 amide bonds. The molecule has 0 bridgehead atoms. The zero-order valence-electron chi connectivity index (χ0n) is 17.9. The Labute approximate surface area is 173 Å². The topological polar surface area (TPSA) is 64.6 Å². The number of hydrogen-bond acceptors (Lipinski definition) is 4. The van der Waals surface area contributed by atoms with E-state index in [0.29, 0.717) is 18.8 Å². The summed E-state index contributed by atoms with van der Waals surface area (Å²) < 4.78 is 10.4. The molecule has 1 aromatic carbocycles. The van der Waals surface area contributed by atoms with Crippen molar-refractivity contribution in [3.05, 3.63) is 34.4 Å². The summed E-state index contributed by atoms with van der Waals surface area (Å²) in [5.41, 5.74) is 3.13. The molecule has 0 aromatic heterocycles. The van der Waals surface area contributed by atoms with Crippen LogP contribution in [0.3, 0.4) is 0 Å². The molecule has 0 atom stereocenters. The maximum Gasteiger partial charge on any atom is 0.331 e. The van der Waals surface area contributed by atoms with E-state index >= 15 is 0 Å². The Morgan fingerprint density at radius 2 is 1.72 bits per heavy atom. The second kappa shape index (κ2) is 9.00. The lowest BCUT2D eigenvalue weighted by Crippen LogP contribution is -2.57. The third-order valence-corrected chi connectivity index (χ3v) is 6.11. The van der Waals surface area contributed by atoms with Gasteiger partial charge in [0.1, 0.15) is 5.54 Å². The first kappa shape index (κ1) is 21.4. The summed E-state index contributed by atoms with van der Waals surface area (Å²) >= 11 is 0. The van der Waals surface area contributed by atoms with Gasteiger partial charge in [0.2, 0.25) is 5.91 Å². The molecular weight excluding hydrogens is 366 g/mol. The van der Waals surface area contributed by atoms with Gasteiger partial charge in [0.05, 0.1) is 19.6 Å². The van der Waals surface area contributed by atoms with Crippen LogP contribution in [0.15, 0.2) is 12.1 Å². The molecule has 3 rings (SSSR count). The number of carbonyl (C=O) groups excluding carboxylic acids is 2. The minimum atomic E-state index is -0.960. The minimum absolute atomic E-state index is 0.124. The molecule has 1 aromatic rings. The minimum Gasteiger partial charge on any atom is -0.467 e. The third-order valence-electron chi connectivity index (χ3n) is 6.11. The number of nitrogens with one attached hydrogen (secondary N) is 1. The van der Waals surface area contributed by atoms with Gasteiger partial charge in [0.25, 0.3) is 0 Å². The predicted octanol–water partition coefficient (Wildman–Crippen LogP) is 3.22. The van der Waals surface area contributed by atoms with Crippen LogP contribution in [0.4, 0.5) is 0 Å². The number of esters is 1. The predicted molar refractivity (Wildman–Crippen MR) is 111 cm³/mol. The normalized spacial score (nSPS) is 23.7. The van der Waals surface area contributed by atoms with E-state index in [1.807, 2.05) is 26.0 Å². The van der Waals surface area contributed by atoms with E-state index in [9.17, 15) is 9.59 Å². The molecule has 0 aliphatic heterocycles. The Hall–Kier alpha value is -2.32. The lowest BCUT2D eigenvalue weighted by atomic mass is 9.80. The summed E-state index contributed by atoms with van der Waals surface area (Å²) in [5, 5.41) is 3.00. The number of hydrogen-bond donors (Lipinski definition) is 1. The van der Waals surface area contributed by atoms with Crippen molar-refractivity contribution in [3.63, 3.8) is 0 Å². The largest absolute Gasteiger partial charge is 0.467 e. The summed E-state index contributed by atoms with van der Waals surface area (Å²) in [7, 11) is 3.05. The number of methoxy groups -OCH3 is 2. The van der Waals surface area contributed by atoms with Gasteiger partial charge in [-0.2, -0.15) is 0 Å². The molecule has 2 aliphatic rings. The van der Waals surface area contributed by atoms with E-state index in [-0.39, 0.29) is 24.4 Å². The fourth-order valence-electron chi connectivity index (χ4n) is 4.12. The van der Waals surface area contributed by atoms with Gasteiger partial charge in [-0.15, -0.1) is 0 Å². The van der Waals surface area contributed by atoms with Crippen LogP contribution in [0.2, 0.25) is 0 Å². The Kier molecular flexibility index (Phi) is 6.64.